The molecule has 3 nitrogen and oxygen atoms in total. The topological polar surface area (TPSA) is 21.3 Å². The zero-order valence-electron chi connectivity index (χ0n) is 31.1. The van der Waals surface area contributed by atoms with Gasteiger partial charge in [0.25, 0.3) is 0 Å². The summed E-state index contributed by atoms with van der Waals surface area (Å²) in [5.74, 6) is 0. The Bertz CT molecular complexity index is 3200. The van der Waals surface area contributed by atoms with E-state index in [0.717, 1.165) is 61.3 Å². The smallest absolute Gasteiger partial charge is 0.136 e. The highest BCUT2D eigenvalue weighted by Crippen LogP contribution is 2.44. The lowest BCUT2D eigenvalue weighted by Crippen LogP contribution is -2.10. The molecule has 0 unspecified atom stereocenters. The van der Waals surface area contributed by atoms with Crippen molar-refractivity contribution in [2.24, 2.45) is 0 Å². The molecule has 0 saturated carbocycles. The van der Waals surface area contributed by atoms with E-state index in [9.17, 15) is 0 Å². The van der Waals surface area contributed by atoms with Gasteiger partial charge < -0.3 is 13.9 Å². The highest BCUT2D eigenvalue weighted by Gasteiger charge is 2.20. The molecular formula is C54H36N2O. The summed E-state index contributed by atoms with van der Waals surface area (Å²) in [5.41, 5.74) is 15.6. The lowest BCUT2D eigenvalue weighted by atomic mass is 9.98. The van der Waals surface area contributed by atoms with Crippen molar-refractivity contribution in [3.63, 3.8) is 0 Å². The molecule has 0 aliphatic carbocycles. The lowest BCUT2D eigenvalue weighted by molar-refractivity contribution is 0.669. The second-order valence-corrected chi connectivity index (χ2v) is 14.5. The van der Waals surface area contributed by atoms with E-state index in [2.05, 4.69) is 216 Å². The summed E-state index contributed by atoms with van der Waals surface area (Å²) in [6, 6.07) is 78.1. The van der Waals surface area contributed by atoms with Crippen LogP contribution in [-0.2, 0) is 0 Å². The minimum absolute atomic E-state index is 0.899. The molecule has 268 valence electrons. The van der Waals surface area contributed by atoms with Crippen molar-refractivity contribution in [2.75, 3.05) is 4.90 Å². The van der Waals surface area contributed by atoms with Gasteiger partial charge in [-0.25, -0.2) is 0 Å². The van der Waals surface area contributed by atoms with E-state index in [1.165, 1.54) is 38.5 Å². The summed E-state index contributed by atoms with van der Waals surface area (Å²) in [5, 5.41) is 4.73. The molecule has 0 saturated heterocycles. The van der Waals surface area contributed by atoms with Gasteiger partial charge in [-0.15, -0.1) is 0 Å². The Balaban J connectivity index is 1.10. The van der Waals surface area contributed by atoms with Crippen molar-refractivity contribution < 1.29 is 4.42 Å². The zero-order valence-corrected chi connectivity index (χ0v) is 31.1. The molecule has 11 rings (SSSR count). The van der Waals surface area contributed by atoms with E-state index in [-0.39, 0.29) is 0 Å². The summed E-state index contributed by atoms with van der Waals surface area (Å²) >= 11 is 0. The van der Waals surface area contributed by atoms with Crippen LogP contribution in [0.1, 0.15) is 0 Å². The highest BCUT2D eigenvalue weighted by molar-refractivity contribution is 6.16. The molecule has 9 aromatic carbocycles. The molecule has 0 amide bonds. The van der Waals surface area contributed by atoms with Crippen molar-refractivity contribution >= 4 is 60.8 Å². The summed E-state index contributed by atoms with van der Waals surface area (Å²) in [6.07, 6.45) is 0. The van der Waals surface area contributed by atoms with Gasteiger partial charge in [-0.1, -0.05) is 152 Å². The van der Waals surface area contributed by atoms with Crippen LogP contribution >= 0.6 is 0 Å². The Morgan fingerprint density at radius 1 is 0.333 bits per heavy atom. The SMILES string of the molecule is c1ccc(-c2ccc(N(c3ccc(-c4cccc5oc6ccccc6c45)cc3)c3ccc4c5c(-c6ccccc6)cccc5n(-c5ccccc5)c4c3)cc2)cc1. The number of aromatic nitrogens is 1. The predicted octanol–water partition coefficient (Wildman–Crippen LogP) is 15.2. The van der Waals surface area contributed by atoms with Crippen LogP contribution in [0.3, 0.4) is 0 Å². The fraction of sp³-hybridized carbons (Fsp3) is 0. The van der Waals surface area contributed by atoms with Crippen LogP contribution in [0.25, 0.3) is 82.8 Å². The van der Waals surface area contributed by atoms with Gasteiger partial charge >= 0.3 is 0 Å². The second-order valence-electron chi connectivity index (χ2n) is 14.5. The number of anilines is 3. The van der Waals surface area contributed by atoms with Crippen molar-refractivity contribution in [1.29, 1.82) is 0 Å². The van der Waals surface area contributed by atoms with Crippen LogP contribution in [0.4, 0.5) is 17.1 Å². The number of hydrogen-bond donors (Lipinski definition) is 0. The van der Waals surface area contributed by atoms with E-state index >= 15 is 0 Å². The van der Waals surface area contributed by atoms with Crippen molar-refractivity contribution in [3.05, 3.63) is 218 Å². The van der Waals surface area contributed by atoms with Crippen LogP contribution in [0, 0.1) is 0 Å². The molecule has 0 aliphatic heterocycles. The second kappa shape index (κ2) is 13.6. The molecule has 2 aromatic heterocycles. The minimum Gasteiger partial charge on any atom is -0.456 e. The van der Waals surface area contributed by atoms with Crippen molar-refractivity contribution in [3.8, 4) is 39.1 Å². The first-order valence-corrected chi connectivity index (χ1v) is 19.4. The third-order valence-corrected chi connectivity index (χ3v) is 11.2. The molecule has 0 aliphatic rings. The Kier molecular flexibility index (Phi) is 7.82. The first-order chi connectivity index (χ1) is 28.3. The fourth-order valence-corrected chi connectivity index (χ4v) is 8.59. The van der Waals surface area contributed by atoms with Crippen LogP contribution in [0.15, 0.2) is 223 Å². The first-order valence-electron chi connectivity index (χ1n) is 19.4. The molecule has 0 fully saturated rings. The molecule has 0 N–H and O–H groups in total. The van der Waals surface area contributed by atoms with Gasteiger partial charge in [0.05, 0.1) is 11.0 Å². The summed E-state index contributed by atoms with van der Waals surface area (Å²) < 4.78 is 8.67. The van der Waals surface area contributed by atoms with Crippen LogP contribution < -0.4 is 4.90 Å². The minimum atomic E-state index is 0.899. The first kappa shape index (κ1) is 32.8. The van der Waals surface area contributed by atoms with Gasteiger partial charge in [-0.2, -0.15) is 0 Å². The maximum Gasteiger partial charge on any atom is 0.136 e. The predicted molar refractivity (Wildman–Crippen MR) is 239 cm³/mol. The molecule has 0 spiro atoms. The van der Waals surface area contributed by atoms with E-state index < -0.39 is 0 Å². The van der Waals surface area contributed by atoms with Crippen LogP contribution in [0.2, 0.25) is 0 Å². The Labute approximate surface area is 330 Å². The number of rotatable bonds is 7. The van der Waals surface area contributed by atoms with Gasteiger partial charge in [-0.3, -0.25) is 0 Å². The standard InChI is InChI=1S/C54H36N2O/c1-4-14-37(15-5-1)38-26-30-42(31-27-38)55(43-32-28-40(29-33-43)46-22-13-25-52-54(46)48-20-10-11-24-51(48)57-52)44-34-35-47-50(36-44)56(41-18-8-3-9-19-41)49-23-12-21-45(53(47)49)39-16-6-2-7-17-39/h1-36H. The average Bonchev–Trinajstić information content (AvgIpc) is 3.84. The monoisotopic (exact) mass is 728 g/mol. The Morgan fingerprint density at radius 3 is 1.58 bits per heavy atom. The quantitative estimate of drug-likeness (QED) is 0.163. The van der Waals surface area contributed by atoms with Crippen LogP contribution in [-0.4, -0.2) is 4.57 Å². The average molecular weight is 729 g/mol. The summed E-state index contributed by atoms with van der Waals surface area (Å²) in [4.78, 5) is 2.37. The van der Waals surface area contributed by atoms with E-state index in [0.29, 0.717) is 0 Å². The highest BCUT2D eigenvalue weighted by atomic mass is 16.3. The third kappa shape index (κ3) is 5.60. The molecule has 3 heteroatoms. The molecule has 11 aromatic rings. The lowest BCUT2D eigenvalue weighted by Gasteiger charge is -2.26. The van der Waals surface area contributed by atoms with Crippen molar-refractivity contribution in [1.82, 2.24) is 4.57 Å². The number of furan rings is 1. The normalized spacial score (nSPS) is 11.5. The zero-order chi connectivity index (χ0) is 37.7. The Morgan fingerprint density at radius 2 is 0.860 bits per heavy atom. The summed E-state index contributed by atoms with van der Waals surface area (Å²) in [7, 11) is 0. The number of fused-ring (bicyclic) bond motifs is 6. The molecule has 0 radical (unpaired) electrons. The largest absolute Gasteiger partial charge is 0.456 e. The number of hydrogen-bond acceptors (Lipinski definition) is 2. The maximum absolute atomic E-state index is 6.25. The van der Waals surface area contributed by atoms with E-state index in [4.69, 9.17) is 4.42 Å². The van der Waals surface area contributed by atoms with Gasteiger partial charge in [0, 0.05) is 44.3 Å². The van der Waals surface area contributed by atoms with E-state index in [1.54, 1.807) is 0 Å². The van der Waals surface area contributed by atoms with Gasteiger partial charge in [0.1, 0.15) is 11.2 Å². The van der Waals surface area contributed by atoms with Crippen molar-refractivity contribution in [2.45, 2.75) is 0 Å². The molecular weight excluding hydrogens is 693 g/mol. The number of benzene rings is 9. The number of para-hydroxylation sites is 2. The third-order valence-electron chi connectivity index (χ3n) is 11.2. The van der Waals surface area contributed by atoms with Gasteiger partial charge in [0.2, 0.25) is 0 Å². The molecule has 0 atom stereocenters. The maximum atomic E-state index is 6.25. The Hall–Kier alpha value is -7.62. The fourth-order valence-electron chi connectivity index (χ4n) is 8.59. The molecule has 2 heterocycles. The van der Waals surface area contributed by atoms with E-state index in [1.807, 2.05) is 12.1 Å². The van der Waals surface area contributed by atoms with Gasteiger partial charge in [-0.05, 0) is 100 Å². The molecule has 57 heavy (non-hydrogen) atoms. The summed E-state index contributed by atoms with van der Waals surface area (Å²) in [6.45, 7) is 0. The molecule has 0 bridgehead atoms. The number of nitrogens with zero attached hydrogens (tertiary/aromatic N) is 2. The van der Waals surface area contributed by atoms with Gasteiger partial charge in [0.15, 0.2) is 0 Å². The van der Waals surface area contributed by atoms with Crippen LogP contribution in [0.5, 0.6) is 0 Å².